The molecule has 0 bridgehead atoms. The monoisotopic (exact) mass is 298 g/mol. The van der Waals surface area contributed by atoms with Gasteiger partial charge in [0, 0.05) is 32.9 Å². The van der Waals surface area contributed by atoms with E-state index < -0.39 is 10.0 Å². The van der Waals surface area contributed by atoms with E-state index in [9.17, 15) is 8.42 Å². The summed E-state index contributed by atoms with van der Waals surface area (Å²) in [5, 5.41) is 3.24. The van der Waals surface area contributed by atoms with Gasteiger partial charge in [0.25, 0.3) is 0 Å². The van der Waals surface area contributed by atoms with Gasteiger partial charge < -0.3 is 11.1 Å². The summed E-state index contributed by atoms with van der Waals surface area (Å²) in [6, 6.07) is 3.60. The fraction of sp³-hybridized carbons (Fsp3) is 0.615. The van der Waals surface area contributed by atoms with Gasteiger partial charge in [-0.3, -0.25) is 0 Å². The number of hydrogen-bond acceptors (Lipinski definition) is 5. The van der Waals surface area contributed by atoms with Gasteiger partial charge in [0.1, 0.15) is 10.7 Å². The average molecular weight is 298 g/mol. The van der Waals surface area contributed by atoms with Gasteiger partial charge in [0.2, 0.25) is 10.0 Å². The summed E-state index contributed by atoms with van der Waals surface area (Å²) in [4.78, 5) is 4.36. The van der Waals surface area contributed by atoms with Crippen molar-refractivity contribution in [2.75, 3.05) is 26.0 Å². The van der Waals surface area contributed by atoms with Crippen molar-refractivity contribution >= 4 is 15.8 Å². The van der Waals surface area contributed by atoms with Gasteiger partial charge in [0.15, 0.2) is 0 Å². The number of pyridine rings is 1. The lowest BCUT2D eigenvalue weighted by Crippen LogP contribution is -2.22. The summed E-state index contributed by atoms with van der Waals surface area (Å²) in [6.45, 7) is 0.834. The highest BCUT2D eigenvalue weighted by atomic mass is 32.2. The molecule has 1 saturated carbocycles. The molecular formula is C13H22N4O2S. The third-order valence-corrected chi connectivity index (χ3v) is 5.47. The summed E-state index contributed by atoms with van der Waals surface area (Å²) < 4.78 is 25.0. The van der Waals surface area contributed by atoms with E-state index in [0.29, 0.717) is 17.8 Å². The number of nitrogens with two attached hydrogens (primary N) is 1. The van der Waals surface area contributed by atoms with Crippen LogP contribution in [0.1, 0.15) is 19.3 Å². The molecule has 1 aliphatic rings. The minimum atomic E-state index is -3.41. The van der Waals surface area contributed by atoms with E-state index in [1.165, 1.54) is 24.6 Å². The van der Waals surface area contributed by atoms with Gasteiger partial charge in [-0.15, -0.1) is 0 Å². The van der Waals surface area contributed by atoms with Crippen LogP contribution in [0.5, 0.6) is 0 Å². The molecule has 0 radical (unpaired) electrons. The van der Waals surface area contributed by atoms with Crippen molar-refractivity contribution in [2.45, 2.75) is 30.2 Å². The number of nitrogens with zero attached hydrogens (tertiary/aromatic N) is 2. The van der Waals surface area contributed by atoms with E-state index in [0.717, 1.165) is 25.8 Å². The van der Waals surface area contributed by atoms with Crippen LogP contribution in [0.3, 0.4) is 0 Å². The van der Waals surface area contributed by atoms with Crippen LogP contribution in [0.4, 0.5) is 5.82 Å². The first-order valence-corrected chi connectivity index (χ1v) is 8.21. The number of nitrogens with one attached hydrogen (secondary N) is 1. The molecule has 2 unspecified atom stereocenters. The van der Waals surface area contributed by atoms with Gasteiger partial charge in [-0.1, -0.05) is 0 Å². The molecule has 0 spiro atoms. The number of rotatable bonds is 5. The van der Waals surface area contributed by atoms with Crippen LogP contribution < -0.4 is 11.1 Å². The highest BCUT2D eigenvalue weighted by Crippen LogP contribution is 2.24. The fourth-order valence-corrected chi connectivity index (χ4v) is 3.24. The van der Waals surface area contributed by atoms with Crippen molar-refractivity contribution < 1.29 is 8.42 Å². The third kappa shape index (κ3) is 3.47. The molecule has 112 valence electrons. The summed E-state index contributed by atoms with van der Waals surface area (Å²) >= 11 is 0. The van der Waals surface area contributed by atoms with Crippen molar-refractivity contribution in [3.8, 4) is 0 Å². The molecule has 6 nitrogen and oxygen atoms in total. The van der Waals surface area contributed by atoms with Gasteiger partial charge in [0.05, 0.1) is 0 Å². The number of hydrogen-bond donors (Lipinski definition) is 2. The Bertz CT molecular complexity index is 542. The first-order valence-electron chi connectivity index (χ1n) is 6.77. The lowest BCUT2D eigenvalue weighted by molar-refractivity contribution is 0.520. The second kappa shape index (κ2) is 6.07. The van der Waals surface area contributed by atoms with Gasteiger partial charge >= 0.3 is 0 Å². The Balaban J connectivity index is 1.95. The lowest BCUT2D eigenvalue weighted by atomic mass is 10.1. The SMILES string of the molecule is CN(C)S(=O)(=O)c1ccc(NCC2CCC(N)C2)nc1. The highest BCUT2D eigenvalue weighted by molar-refractivity contribution is 7.89. The van der Waals surface area contributed by atoms with E-state index in [2.05, 4.69) is 10.3 Å². The first-order chi connectivity index (χ1) is 9.39. The van der Waals surface area contributed by atoms with E-state index >= 15 is 0 Å². The lowest BCUT2D eigenvalue weighted by Gasteiger charge is -2.13. The van der Waals surface area contributed by atoms with Crippen LogP contribution in [0.25, 0.3) is 0 Å². The second-order valence-corrected chi connectivity index (χ2v) is 7.64. The van der Waals surface area contributed by atoms with Crippen LogP contribution in [-0.4, -0.2) is 44.4 Å². The van der Waals surface area contributed by atoms with Crippen molar-refractivity contribution in [3.05, 3.63) is 18.3 Å². The summed E-state index contributed by atoms with van der Waals surface area (Å²) in [6.07, 6.45) is 4.65. The molecule has 2 rings (SSSR count). The summed E-state index contributed by atoms with van der Waals surface area (Å²) in [5.41, 5.74) is 5.88. The molecule has 1 aromatic rings. The van der Waals surface area contributed by atoms with Crippen molar-refractivity contribution in [3.63, 3.8) is 0 Å². The molecule has 20 heavy (non-hydrogen) atoms. The van der Waals surface area contributed by atoms with Gasteiger partial charge in [-0.2, -0.15) is 0 Å². The predicted molar refractivity (Wildman–Crippen MR) is 78.9 cm³/mol. The minimum absolute atomic E-state index is 0.205. The van der Waals surface area contributed by atoms with E-state index in [4.69, 9.17) is 5.73 Å². The third-order valence-electron chi connectivity index (χ3n) is 3.67. The molecule has 0 amide bonds. The van der Waals surface area contributed by atoms with Crippen LogP contribution in [-0.2, 0) is 10.0 Å². The molecule has 1 aromatic heterocycles. The average Bonchev–Trinajstić information content (AvgIpc) is 2.82. The van der Waals surface area contributed by atoms with Crippen molar-refractivity contribution in [1.82, 2.24) is 9.29 Å². The Kier molecular flexibility index (Phi) is 4.62. The number of aromatic nitrogens is 1. The Morgan fingerprint density at radius 1 is 1.40 bits per heavy atom. The molecule has 0 aromatic carbocycles. The Hall–Kier alpha value is -1.18. The molecule has 1 aliphatic carbocycles. The zero-order valence-corrected chi connectivity index (χ0v) is 12.7. The smallest absolute Gasteiger partial charge is 0.244 e. The highest BCUT2D eigenvalue weighted by Gasteiger charge is 2.21. The molecule has 1 heterocycles. The normalized spacial score (nSPS) is 23.2. The maximum absolute atomic E-state index is 11.9. The van der Waals surface area contributed by atoms with E-state index in [1.807, 2.05) is 0 Å². The Morgan fingerprint density at radius 2 is 2.15 bits per heavy atom. The Morgan fingerprint density at radius 3 is 2.65 bits per heavy atom. The van der Waals surface area contributed by atoms with Crippen LogP contribution in [0.2, 0.25) is 0 Å². The molecule has 3 N–H and O–H groups in total. The minimum Gasteiger partial charge on any atom is -0.370 e. The van der Waals surface area contributed by atoms with Gasteiger partial charge in [-0.05, 0) is 37.3 Å². The van der Waals surface area contributed by atoms with E-state index in [1.54, 1.807) is 12.1 Å². The van der Waals surface area contributed by atoms with Crippen LogP contribution in [0.15, 0.2) is 23.2 Å². The first kappa shape index (κ1) is 15.2. The molecule has 1 fully saturated rings. The molecule has 0 saturated heterocycles. The largest absolute Gasteiger partial charge is 0.370 e. The van der Waals surface area contributed by atoms with Crippen LogP contribution in [0, 0.1) is 5.92 Å². The molecule has 7 heteroatoms. The Labute approximate surface area is 120 Å². The van der Waals surface area contributed by atoms with Crippen molar-refractivity contribution in [1.29, 1.82) is 0 Å². The number of sulfonamides is 1. The summed E-state index contributed by atoms with van der Waals surface area (Å²) in [5.74, 6) is 1.28. The van der Waals surface area contributed by atoms with Crippen LogP contribution >= 0.6 is 0 Å². The quantitative estimate of drug-likeness (QED) is 0.842. The molecule has 0 aliphatic heterocycles. The zero-order chi connectivity index (χ0) is 14.8. The zero-order valence-electron chi connectivity index (χ0n) is 11.9. The molecular weight excluding hydrogens is 276 g/mol. The topological polar surface area (TPSA) is 88.3 Å². The van der Waals surface area contributed by atoms with E-state index in [-0.39, 0.29) is 4.90 Å². The fourth-order valence-electron chi connectivity index (χ4n) is 2.40. The second-order valence-electron chi connectivity index (χ2n) is 5.49. The maximum Gasteiger partial charge on any atom is 0.244 e. The predicted octanol–water partition coefficient (Wildman–Crippen LogP) is 0.871. The standard InChI is InChI=1S/C13H22N4O2S/c1-17(2)20(18,19)12-5-6-13(16-9-12)15-8-10-3-4-11(14)7-10/h5-6,9-11H,3-4,7-8,14H2,1-2H3,(H,15,16). The maximum atomic E-state index is 11.9. The number of anilines is 1. The molecule has 2 atom stereocenters. The summed E-state index contributed by atoms with van der Waals surface area (Å²) in [7, 11) is -0.395. The van der Waals surface area contributed by atoms with Gasteiger partial charge in [-0.25, -0.2) is 17.7 Å². The van der Waals surface area contributed by atoms with Crippen molar-refractivity contribution in [2.24, 2.45) is 11.7 Å².